The van der Waals surface area contributed by atoms with Gasteiger partial charge in [-0.1, -0.05) is 56.3 Å². The standard InChI is InChI=1S/C34H43NO6/c1-5-35(6-2)19-11-8-12-20-40-26-17-15-25(16-18-26)34-28(24-13-9-7-10-14-24)23-31(36)33(34,37)32-29(39-4)21-27(38-3)22-30(32)41-34/h7,9-10,13-18,21-22,28,31,36-37H,5-6,8,11-12,19-20,23H2,1-4H3/t28-,31+,33+,34-/m0/s1. The van der Waals surface area contributed by atoms with Gasteiger partial charge in [0.25, 0.3) is 0 Å². The Hall–Kier alpha value is -3.26. The molecule has 1 heterocycles. The molecule has 0 unspecified atom stereocenters. The Morgan fingerprint density at radius 3 is 2.29 bits per heavy atom. The van der Waals surface area contributed by atoms with Crippen LogP contribution in [-0.4, -0.2) is 61.7 Å². The number of benzene rings is 3. The summed E-state index contributed by atoms with van der Waals surface area (Å²) in [6, 6.07) is 21.2. The summed E-state index contributed by atoms with van der Waals surface area (Å²) in [4.78, 5) is 2.44. The van der Waals surface area contributed by atoms with E-state index in [1.54, 1.807) is 26.4 Å². The maximum absolute atomic E-state index is 12.6. The summed E-state index contributed by atoms with van der Waals surface area (Å²) in [6.45, 7) is 8.36. The average molecular weight is 562 g/mol. The minimum absolute atomic E-state index is 0.320. The molecular formula is C34H43NO6. The van der Waals surface area contributed by atoms with Gasteiger partial charge < -0.3 is 34.1 Å². The molecule has 0 amide bonds. The second-order valence-electron chi connectivity index (χ2n) is 11.0. The van der Waals surface area contributed by atoms with Crippen LogP contribution in [0.2, 0.25) is 0 Å². The lowest BCUT2D eigenvalue weighted by molar-refractivity contribution is -0.150. The summed E-state index contributed by atoms with van der Waals surface area (Å²) in [5.41, 5.74) is -0.871. The van der Waals surface area contributed by atoms with E-state index in [-0.39, 0.29) is 5.92 Å². The van der Waals surface area contributed by atoms with E-state index in [2.05, 4.69) is 18.7 Å². The highest BCUT2D eigenvalue weighted by Crippen LogP contribution is 2.68. The minimum Gasteiger partial charge on any atom is -0.496 e. The van der Waals surface area contributed by atoms with Crippen molar-refractivity contribution >= 4 is 0 Å². The van der Waals surface area contributed by atoms with Crippen molar-refractivity contribution in [2.45, 2.75) is 62.8 Å². The SMILES string of the molecule is CCN(CC)CCCCCOc1ccc([C@@]23Oc4cc(OC)cc(OC)c4[C@]2(O)[C@H](O)C[C@H]3c2ccccc2)cc1. The van der Waals surface area contributed by atoms with Crippen LogP contribution in [0.5, 0.6) is 23.0 Å². The van der Waals surface area contributed by atoms with Gasteiger partial charge >= 0.3 is 0 Å². The van der Waals surface area contributed by atoms with Gasteiger partial charge in [-0.05, 0) is 68.6 Å². The van der Waals surface area contributed by atoms with Crippen molar-refractivity contribution < 1.29 is 29.2 Å². The summed E-state index contributed by atoms with van der Waals surface area (Å²) < 4.78 is 24.1. The first-order valence-corrected chi connectivity index (χ1v) is 14.8. The quantitative estimate of drug-likeness (QED) is 0.262. The molecule has 5 rings (SSSR count). The molecule has 1 saturated carbocycles. The van der Waals surface area contributed by atoms with Crippen molar-refractivity contribution in [3.63, 3.8) is 0 Å². The first-order valence-electron chi connectivity index (χ1n) is 14.8. The molecule has 3 aromatic rings. The van der Waals surface area contributed by atoms with Crippen molar-refractivity contribution in [2.24, 2.45) is 0 Å². The molecule has 41 heavy (non-hydrogen) atoms. The first-order chi connectivity index (χ1) is 19.9. The van der Waals surface area contributed by atoms with Crippen LogP contribution < -0.4 is 18.9 Å². The highest BCUT2D eigenvalue weighted by atomic mass is 16.5. The summed E-state index contributed by atoms with van der Waals surface area (Å²) in [7, 11) is 3.12. The lowest BCUT2D eigenvalue weighted by atomic mass is 9.71. The summed E-state index contributed by atoms with van der Waals surface area (Å²) >= 11 is 0. The van der Waals surface area contributed by atoms with Crippen LogP contribution in [0.1, 0.15) is 62.1 Å². The Morgan fingerprint density at radius 2 is 1.63 bits per heavy atom. The third-order valence-electron chi connectivity index (χ3n) is 8.91. The van der Waals surface area contributed by atoms with Gasteiger partial charge in [-0.3, -0.25) is 0 Å². The molecule has 2 aliphatic rings. The topological polar surface area (TPSA) is 80.6 Å². The van der Waals surface area contributed by atoms with Gasteiger partial charge in [0.05, 0.1) is 32.5 Å². The molecule has 0 bridgehead atoms. The van der Waals surface area contributed by atoms with Gasteiger partial charge in [0.15, 0.2) is 11.2 Å². The molecule has 7 heteroatoms. The van der Waals surface area contributed by atoms with Gasteiger partial charge in [0.1, 0.15) is 23.0 Å². The van der Waals surface area contributed by atoms with Crippen LogP contribution in [0.3, 0.4) is 0 Å². The minimum atomic E-state index is -1.76. The number of ether oxygens (including phenoxy) is 4. The Balaban J connectivity index is 1.44. The largest absolute Gasteiger partial charge is 0.496 e. The molecule has 4 atom stereocenters. The molecule has 220 valence electrons. The number of methoxy groups -OCH3 is 2. The Bertz CT molecular complexity index is 1290. The number of hydrogen-bond donors (Lipinski definition) is 2. The molecule has 0 saturated heterocycles. The van der Waals surface area contributed by atoms with Crippen molar-refractivity contribution in [1.29, 1.82) is 0 Å². The van der Waals surface area contributed by atoms with Gasteiger partial charge in [0, 0.05) is 18.1 Å². The summed E-state index contributed by atoms with van der Waals surface area (Å²) in [6.07, 6.45) is 2.51. The first kappa shape index (κ1) is 29.2. The molecule has 1 aliphatic carbocycles. The third-order valence-corrected chi connectivity index (χ3v) is 8.91. The van der Waals surface area contributed by atoms with Crippen LogP contribution in [0, 0.1) is 0 Å². The van der Waals surface area contributed by atoms with Gasteiger partial charge in [0.2, 0.25) is 0 Å². The predicted octanol–water partition coefficient (Wildman–Crippen LogP) is 5.62. The second kappa shape index (κ2) is 12.3. The van der Waals surface area contributed by atoms with Crippen molar-refractivity contribution in [1.82, 2.24) is 4.90 Å². The van der Waals surface area contributed by atoms with E-state index in [1.807, 2.05) is 54.6 Å². The normalized spacial score (nSPS) is 24.6. The molecule has 0 spiro atoms. The molecule has 3 aromatic carbocycles. The van der Waals surface area contributed by atoms with Crippen LogP contribution in [0.25, 0.3) is 0 Å². The van der Waals surface area contributed by atoms with E-state index in [1.165, 1.54) is 6.42 Å². The number of rotatable bonds is 13. The molecule has 0 radical (unpaired) electrons. The van der Waals surface area contributed by atoms with E-state index >= 15 is 0 Å². The van der Waals surface area contributed by atoms with Crippen LogP contribution >= 0.6 is 0 Å². The molecule has 2 N–H and O–H groups in total. The van der Waals surface area contributed by atoms with Gasteiger partial charge in [-0.15, -0.1) is 0 Å². The lowest BCUT2D eigenvalue weighted by Gasteiger charge is -2.40. The zero-order chi connectivity index (χ0) is 29.0. The summed E-state index contributed by atoms with van der Waals surface area (Å²) in [5, 5.41) is 24.2. The number of fused-ring (bicyclic) bond motifs is 3. The Morgan fingerprint density at radius 1 is 0.902 bits per heavy atom. The maximum atomic E-state index is 12.6. The fourth-order valence-corrected chi connectivity index (χ4v) is 6.73. The van der Waals surface area contributed by atoms with Gasteiger partial charge in [-0.2, -0.15) is 0 Å². The Labute approximate surface area is 243 Å². The number of aliphatic hydroxyl groups excluding tert-OH is 1. The number of nitrogens with zero attached hydrogens (tertiary/aromatic N) is 1. The lowest BCUT2D eigenvalue weighted by Crippen LogP contribution is -2.52. The number of aliphatic hydroxyl groups is 2. The molecule has 7 nitrogen and oxygen atoms in total. The predicted molar refractivity (Wildman–Crippen MR) is 159 cm³/mol. The highest BCUT2D eigenvalue weighted by molar-refractivity contribution is 5.62. The number of unbranched alkanes of at least 4 members (excludes halogenated alkanes) is 2. The number of hydrogen-bond acceptors (Lipinski definition) is 7. The molecule has 1 aliphatic heterocycles. The van der Waals surface area contributed by atoms with E-state index in [0.717, 1.165) is 49.4 Å². The zero-order valence-electron chi connectivity index (χ0n) is 24.6. The molecular weight excluding hydrogens is 518 g/mol. The fourth-order valence-electron chi connectivity index (χ4n) is 6.73. The van der Waals surface area contributed by atoms with Crippen molar-refractivity contribution in [3.8, 4) is 23.0 Å². The fraction of sp³-hybridized carbons (Fsp3) is 0.471. The molecule has 1 fully saturated rings. The van der Waals surface area contributed by atoms with E-state index in [4.69, 9.17) is 18.9 Å². The Kier molecular flexibility index (Phi) is 8.78. The van der Waals surface area contributed by atoms with Crippen molar-refractivity contribution in [2.75, 3.05) is 40.5 Å². The summed E-state index contributed by atoms with van der Waals surface area (Å²) in [5.74, 6) is 1.84. The smallest absolute Gasteiger partial charge is 0.176 e. The van der Waals surface area contributed by atoms with Crippen molar-refractivity contribution in [3.05, 3.63) is 83.4 Å². The van der Waals surface area contributed by atoms with Crippen LogP contribution in [0.15, 0.2) is 66.7 Å². The van der Waals surface area contributed by atoms with Gasteiger partial charge in [-0.25, -0.2) is 0 Å². The third kappa shape index (κ3) is 5.05. The average Bonchev–Trinajstić information content (AvgIpc) is 3.41. The van der Waals surface area contributed by atoms with E-state index < -0.39 is 17.3 Å². The highest BCUT2D eigenvalue weighted by Gasteiger charge is 2.73. The van der Waals surface area contributed by atoms with E-state index in [0.29, 0.717) is 35.8 Å². The van der Waals surface area contributed by atoms with Crippen LogP contribution in [0.4, 0.5) is 0 Å². The monoisotopic (exact) mass is 561 g/mol. The van der Waals surface area contributed by atoms with Crippen LogP contribution in [-0.2, 0) is 11.2 Å². The maximum Gasteiger partial charge on any atom is 0.176 e. The zero-order valence-corrected chi connectivity index (χ0v) is 24.6. The van der Waals surface area contributed by atoms with E-state index in [9.17, 15) is 10.2 Å². The second-order valence-corrected chi connectivity index (χ2v) is 11.0. The molecule has 0 aromatic heterocycles.